The number of nitrogens with zero attached hydrogens (tertiary/aromatic N) is 2. The van der Waals surface area contributed by atoms with Crippen LogP contribution in [0.3, 0.4) is 0 Å². The number of benzene rings is 10. The van der Waals surface area contributed by atoms with E-state index >= 15 is 0 Å². The average Bonchev–Trinajstić information content (AvgIpc) is 4.04. The van der Waals surface area contributed by atoms with Crippen LogP contribution in [0.5, 0.6) is 0 Å². The summed E-state index contributed by atoms with van der Waals surface area (Å²) in [6.45, 7) is 9.35. The van der Waals surface area contributed by atoms with Gasteiger partial charge >= 0.3 is 0 Å². The van der Waals surface area contributed by atoms with Crippen molar-refractivity contribution in [3.05, 3.63) is 229 Å². The Labute approximate surface area is 394 Å². The summed E-state index contributed by atoms with van der Waals surface area (Å²) in [5, 5.41) is 6.58. The first kappa shape index (κ1) is 38.9. The number of fused-ring (bicyclic) bond motifs is 13. The fourth-order valence-electron chi connectivity index (χ4n) is 11.8. The molecule has 0 radical (unpaired) electrons. The zero-order valence-corrected chi connectivity index (χ0v) is 38.3. The first-order valence-electron chi connectivity index (χ1n) is 23.6. The molecule has 2 aromatic heterocycles. The number of rotatable bonds is 6. The Hall–Kier alpha value is -8.34. The SMILES string of the molecule is CC1(C)c2ccccc2-c2ccc(N(c3ccccc3)c3ccc4c(c3)oc3cc5cc6oc7cc(N(c8ccccc8)c8ccc9c(c8)C(C)(C)c8ccccc8-9)ccc7c6cc5cc34)cc21. The van der Waals surface area contributed by atoms with E-state index in [1.165, 1.54) is 44.5 Å². The second-order valence-electron chi connectivity index (χ2n) is 19.8. The summed E-state index contributed by atoms with van der Waals surface area (Å²) in [4.78, 5) is 4.69. The van der Waals surface area contributed by atoms with Gasteiger partial charge in [-0.3, -0.25) is 0 Å². The van der Waals surface area contributed by atoms with E-state index in [0.29, 0.717) is 0 Å². The van der Waals surface area contributed by atoms with E-state index in [1.807, 2.05) is 0 Å². The third kappa shape index (κ3) is 5.61. The normalized spacial score (nSPS) is 14.1. The van der Waals surface area contributed by atoms with Crippen molar-refractivity contribution >= 4 is 88.8 Å². The van der Waals surface area contributed by atoms with Gasteiger partial charge in [0.1, 0.15) is 22.3 Å². The molecule has 4 nitrogen and oxygen atoms in total. The zero-order valence-electron chi connectivity index (χ0n) is 38.3. The van der Waals surface area contributed by atoms with Gasteiger partial charge in [0.15, 0.2) is 0 Å². The third-order valence-corrected chi connectivity index (χ3v) is 15.2. The number of para-hydroxylation sites is 2. The van der Waals surface area contributed by atoms with E-state index in [4.69, 9.17) is 8.83 Å². The molecule has 4 heteroatoms. The van der Waals surface area contributed by atoms with Gasteiger partial charge in [-0.05, 0) is 152 Å². The van der Waals surface area contributed by atoms with E-state index < -0.39 is 0 Å². The van der Waals surface area contributed by atoms with E-state index in [1.54, 1.807) is 0 Å². The molecule has 0 bridgehead atoms. The maximum absolute atomic E-state index is 6.77. The molecule has 14 rings (SSSR count). The lowest BCUT2D eigenvalue weighted by atomic mass is 9.82. The van der Waals surface area contributed by atoms with Gasteiger partial charge in [0.25, 0.3) is 0 Å². The predicted molar refractivity (Wildman–Crippen MR) is 283 cm³/mol. The minimum absolute atomic E-state index is 0.107. The highest BCUT2D eigenvalue weighted by Crippen LogP contribution is 2.53. The molecule has 324 valence electrons. The van der Waals surface area contributed by atoms with Crippen molar-refractivity contribution in [1.29, 1.82) is 0 Å². The molecule has 2 aliphatic carbocycles. The van der Waals surface area contributed by atoms with Crippen molar-refractivity contribution in [2.24, 2.45) is 0 Å². The molecule has 0 fully saturated rings. The summed E-state index contributed by atoms with van der Waals surface area (Å²) in [7, 11) is 0. The van der Waals surface area contributed by atoms with Crippen molar-refractivity contribution in [3.63, 3.8) is 0 Å². The summed E-state index contributed by atoms with van der Waals surface area (Å²) >= 11 is 0. The highest BCUT2D eigenvalue weighted by Gasteiger charge is 2.37. The van der Waals surface area contributed by atoms with Crippen LogP contribution in [0.15, 0.2) is 215 Å². The fourth-order valence-corrected chi connectivity index (χ4v) is 11.8. The molecular formula is C64H46N2O2. The fraction of sp³-hybridized carbons (Fsp3) is 0.0938. The van der Waals surface area contributed by atoms with Crippen LogP contribution in [0.2, 0.25) is 0 Å². The summed E-state index contributed by atoms with van der Waals surface area (Å²) in [5.41, 5.74) is 20.4. The highest BCUT2D eigenvalue weighted by atomic mass is 16.3. The molecule has 12 aromatic rings. The minimum atomic E-state index is -0.107. The standard InChI is InChI=1S/C64H46N2O2/c1-63(2)55-21-13-11-19-47(55)49-27-23-43(35-57(49)63)65(41-15-7-5-8-16-41)45-25-29-51-53-31-39-32-54-52-30-26-46(38-62(52)68-60(54)34-40(39)33-59(53)67-61(51)37-45)66(42-17-9-6-10-18-42)44-24-28-50-48-20-12-14-22-56(48)64(3,4)58(50)36-44/h5-38H,1-4H3. The lowest BCUT2D eigenvalue weighted by Gasteiger charge is -2.28. The van der Waals surface area contributed by atoms with Gasteiger partial charge < -0.3 is 18.6 Å². The van der Waals surface area contributed by atoms with Crippen LogP contribution >= 0.6 is 0 Å². The highest BCUT2D eigenvalue weighted by molar-refractivity contribution is 6.16. The Kier molecular flexibility index (Phi) is 8.06. The number of furan rings is 2. The quantitative estimate of drug-likeness (QED) is 0.167. The van der Waals surface area contributed by atoms with Gasteiger partial charge in [0.05, 0.1) is 0 Å². The monoisotopic (exact) mass is 874 g/mol. The first-order chi connectivity index (χ1) is 33.2. The van der Waals surface area contributed by atoms with E-state index in [-0.39, 0.29) is 10.8 Å². The maximum atomic E-state index is 6.77. The second-order valence-corrected chi connectivity index (χ2v) is 19.8. The molecule has 68 heavy (non-hydrogen) atoms. The summed E-state index contributed by atoms with van der Waals surface area (Å²) in [6, 6.07) is 75.0. The Morgan fingerprint density at radius 1 is 0.279 bits per heavy atom. The minimum Gasteiger partial charge on any atom is -0.456 e. The Bertz CT molecular complexity index is 3780. The van der Waals surface area contributed by atoms with Gasteiger partial charge in [-0.2, -0.15) is 0 Å². The van der Waals surface area contributed by atoms with Crippen LogP contribution in [0.1, 0.15) is 49.9 Å². The summed E-state index contributed by atoms with van der Waals surface area (Å²) < 4.78 is 13.5. The van der Waals surface area contributed by atoms with Crippen LogP contribution in [0.4, 0.5) is 34.1 Å². The molecule has 0 unspecified atom stereocenters. The van der Waals surface area contributed by atoms with Gasteiger partial charge in [0.2, 0.25) is 0 Å². The Balaban J connectivity index is 0.847. The van der Waals surface area contributed by atoms with E-state index in [0.717, 1.165) is 88.8 Å². The van der Waals surface area contributed by atoms with Crippen molar-refractivity contribution in [3.8, 4) is 22.3 Å². The molecule has 10 aromatic carbocycles. The molecule has 0 N–H and O–H groups in total. The molecule has 0 saturated heterocycles. The molecule has 0 spiro atoms. The lowest BCUT2D eigenvalue weighted by Crippen LogP contribution is -2.16. The average molecular weight is 875 g/mol. The predicted octanol–water partition coefficient (Wildman–Crippen LogP) is 18.2. The molecular weight excluding hydrogens is 829 g/mol. The van der Waals surface area contributed by atoms with Gasteiger partial charge in [-0.15, -0.1) is 0 Å². The van der Waals surface area contributed by atoms with Crippen molar-refractivity contribution in [2.75, 3.05) is 9.80 Å². The van der Waals surface area contributed by atoms with Crippen LogP contribution in [-0.2, 0) is 10.8 Å². The summed E-state index contributed by atoms with van der Waals surface area (Å²) in [6.07, 6.45) is 0. The number of anilines is 6. The molecule has 0 aliphatic heterocycles. The van der Waals surface area contributed by atoms with Crippen molar-refractivity contribution in [1.82, 2.24) is 0 Å². The topological polar surface area (TPSA) is 32.8 Å². The van der Waals surface area contributed by atoms with E-state index in [2.05, 4.69) is 244 Å². The van der Waals surface area contributed by atoms with Crippen molar-refractivity contribution < 1.29 is 8.83 Å². The van der Waals surface area contributed by atoms with Gasteiger partial charge in [-0.1, -0.05) is 125 Å². The molecule has 0 saturated carbocycles. The Morgan fingerprint density at radius 2 is 0.632 bits per heavy atom. The lowest BCUT2D eigenvalue weighted by molar-refractivity contribution is 0.660. The van der Waals surface area contributed by atoms with Crippen molar-refractivity contribution in [2.45, 2.75) is 38.5 Å². The van der Waals surface area contributed by atoms with Crippen LogP contribution in [-0.4, -0.2) is 0 Å². The number of hydrogen-bond acceptors (Lipinski definition) is 4. The molecule has 2 heterocycles. The second kappa shape index (κ2) is 14.1. The van der Waals surface area contributed by atoms with Gasteiger partial charge in [0, 0.05) is 78.6 Å². The largest absolute Gasteiger partial charge is 0.456 e. The Morgan fingerprint density at radius 3 is 1.09 bits per heavy atom. The maximum Gasteiger partial charge on any atom is 0.137 e. The molecule has 0 atom stereocenters. The van der Waals surface area contributed by atoms with Gasteiger partial charge in [-0.25, -0.2) is 0 Å². The van der Waals surface area contributed by atoms with Crippen LogP contribution in [0.25, 0.3) is 76.9 Å². The zero-order chi connectivity index (χ0) is 45.5. The van der Waals surface area contributed by atoms with Crippen LogP contribution in [0, 0.1) is 0 Å². The molecule has 2 aliphatic rings. The number of hydrogen-bond donors (Lipinski definition) is 0. The van der Waals surface area contributed by atoms with Crippen LogP contribution < -0.4 is 9.80 Å². The molecule has 0 amide bonds. The smallest absolute Gasteiger partial charge is 0.137 e. The third-order valence-electron chi connectivity index (χ3n) is 15.2. The van der Waals surface area contributed by atoms with E-state index in [9.17, 15) is 0 Å². The first-order valence-corrected chi connectivity index (χ1v) is 23.6. The summed E-state index contributed by atoms with van der Waals surface area (Å²) in [5.74, 6) is 0.